The van der Waals surface area contributed by atoms with E-state index in [9.17, 15) is 14.7 Å². The minimum atomic E-state index is -0.688. The molecule has 5 nitrogen and oxygen atoms in total. The summed E-state index contributed by atoms with van der Waals surface area (Å²) in [6, 6.07) is 5.84. The normalized spacial score (nSPS) is 39.6. The number of fused-ring (bicyclic) bond motifs is 1. The number of hydrogen-bond donors (Lipinski definition) is 2. The highest BCUT2D eigenvalue weighted by molar-refractivity contribution is 6.10. The fourth-order valence-electron chi connectivity index (χ4n) is 7.14. The maximum absolute atomic E-state index is 12.9. The summed E-state index contributed by atoms with van der Waals surface area (Å²) in [5, 5.41) is 13.3. The molecule has 1 aromatic rings. The van der Waals surface area contributed by atoms with E-state index < -0.39 is 5.54 Å². The summed E-state index contributed by atoms with van der Waals surface area (Å²) in [5.74, 6) is 1.15. The van der Waals surface area contributed by atoms with E-state index in [1.54, 1.807) is 6.07 Å². The van der Waals surface area contributed by atoms with Gasteiger partial charge in [-0.2, -0.15) is 0 Å². The van der Waals surface area contributed by atoms with Crippen LogP contribution in [-0.4, -0.2) is 46.9 Å². The minimum Gasteiger partial charge on any atom is -0.508 e. The number of Topliss-reactive ketones (excluding diaryl/α,β-unsaturated/α-hetero) is 1. The molecule has 6 rings (SSSR count). The van der Waals surface area contributed by atoms with Gasteiger partial charge in [-0.05, 0) is 86.1 Å². The number of nitrogens with zero attached hydrogens (tertiary/aromatic N) is 1. The van der Waals surface area contributed by atoms with Crippen LogP contribution in [0.15, 0.2) is 18.2 Å². The molecule has 2 saturated heterocycles. The molecule has 0 aromatic heterocycles. The van der Waals surface area contributed by atoms with Crippen LogP contribution < -0.4 is 5.32 Å². The Morgan fingerprint density at radius 1 is 1.18 bits per heavy atom. The average molecular weight is 380 g/mol. The van der Waals surface area contributed by atoms with E-state index in [2.05, 4.69) is 16.3 Å². The highest BCUT2D eigenvalue weighted by Crippen LogP contribution is 2.65. The quantitative estimate of drug-likeness (QED) is 0.773. The molecular weight excluding hydrogens is 352 g/mol. The second kappa shape index (κ2) is 5.38. The van der Waals surface area contributed by atoms with E-state index in [4.69, 9.17) is 0 Å². The van der Waals surface area contributed by atoms with Crippen molar-refractivity contribution >= 4 is 11.7 Å². The molecule has 2 heterocycles. The van der Waals surface area contributed by atoms with Crippen LogP contribution >= 0.6 is 0 Å². The number of aromatic hydroxyl groups is 1. The summed E-state index contributed by atoms with van der Waals surface area (Å²) in [6.45, 7) is 3.34. The van der Waals surface area contributed by atoms with Gasteiger partial charge in [0.25, 0.3) is 0 Å². The number of likely N-dealkylation sites (tertiary alicyclic amines) is 1. The predicted octanol–water partition coefficient (Wildman–Crippen LogP) is 2.30. The highest BCUT2D eigenvalue weighted by Gasteiger charge is 2.67. The molecule has 1 aromatic carbocycles. The predicted molar refractivity (Wildman–Crippen MR) is 104 cm³/mol. The van der Waals surface area contributed by atoms with Crippen LogP contribution in [0, 0.1) is 11.3 Å². The summed E-state index contributed by atoms with van der Waals surface area (Å²) in [7, 11) is 0. The van der Waals surface area contributed by atoms with Crippen molar-refractivity contribution in [2.45, 2.75) is 62.3 Å². The van der Waals surface area contributed by atoms with Crippen LogP contribution in [0.3, 0.4) is 0 Å². The number of phenols is 1. The first-order chi connectivity index (χ1) is 13.4. The first kappa shape index (κ1) is 17.0. The molecule has 148 valence electrons. The van der Waals surface area contributed by atoms with E-state index in [1.165, 1.54) is 30.5 Å². The van der Waals surface area contributed by atoms with Crippen molar-refractivity contribution in [3.63, 3.8) is 0 Å². The second-order valence-electron chi connectivity index (χ2n) is 10.2. The number of carbonyl (C=O) groups excluding carboxylic acids is 2. The van der Waals surface area contributed by atoms with Gasteiger partial charge in [-0.3, -0.25) is 9.59 Å². The Balaban J connectivity index is 1.44. The third kappa shape index (κ3) is 2.17. The van der Waals surface area contributed by atoms with Crippen LogP contribution in [-0.2, 0) is 21.4 Å². The molecule has 2 aliphatic heterocycles. The van der Waals surface area contributed by atoms with Crippen molar-refractivity contribution in [2.24, 2.45) is 11.3 Å². The molecule has 2 N–H and O–H groups in total. The van der Waals surface area contributed by atoms with Gasteiger partial charge < -0.3 is 15.3 Å². The Bertz CT molecular complexity index is 894. The monoisotopic (exact) mass is 380 g/mol. The number of nitrogens with one attached hydrogen (secondary N) is 1. The zero-order valence-corrected chi connectivity index (χ0v) is 16.3. The molecule has 2 saturated carbocycles. The highest BCUT2D eigenvalue weighted by atomic mass is 16.3. The summed E-state index contributed by atoms with van der Waals surface area (Å²) in [5.41, 5.74) is 1.89. The molecule has 4 fully saturated rings. The standard InChI is InChI=1S/C23H28N2O3/c26-17-4-3-16-11-21-5-6-23(19(27)10-20(28)24-23)13-22(21,18(16)9-17)7-8-25(14-21)12-15-1-2-15/h3-4,9,15,26H,1-2,5-8,10-14H2,(H,24,28)/t21?,22-,23+/m1/s1. The minimum absolute atomic E-state index is 0.0315. The Hall–Kier alpha value is -1.88. The van der Waals surface area contributed by atoms with E-state index in [1.807, 2.05) is 6.07 Å². The van der Waals surface area contributed by atoms with Crippen LogP contribution in [0.5, 0.6) is 5.75 Å². The lowest BCUT2D eigenvalue weighted by Crippen LogP contribution is -2.65. The molecule has 5 heteroatoms. The molecule has 0 radical (unpaired) electrons. The lowest BCUT2D eigenvalue weighted by atomic mass is 9.49. The van der Waals surface area contributed by atoms with E-state index in [0.717, 1.165) is 44.7 Å². The van der Waals surface area contributed by atoms with Crippen molar-refractivity contribution in [3.05, 3.63) is 29.3 Å². The first-order valence-corrected chi connectivity index (χ1v) is 10.8. The van der Waals surface area contributed by atoms with Gasteiger partial charge in [0.1, 0.15) is 5.75 Å². The van der Waals surface area contributed by atoms with E-state index in [-0.39, 0.29) is 28.9 Å². The third-order valence-electron chi connectivity index (χ3n) is 8.61. The number of ketones is 1. The van der Waals surface area contributed by atoms with Gasteiger partial charge in [0.15, 0.2) is 5.78 Å². The fourth-order valence-corrected chi connectivity index (χ4v) is 7.14. The number of phenolic OH excluding ortho intramolecular Hbond substituents is 1. The number of benzene rings is 1. The second-order valence-corrected chi connectivity index (χ2v) is 10.2. The van der Waals surface area contributed by atoms with Crippen molar-refractivity contribution < 1.29 is 14.7 Å². The summed E-state index contributed by atoms with van der Waals surface area (Å²) in [4.78, 5) is 27.6. The number of rotatable bonds is 2. The Morgan fingerprint density at radius 2 is 2.04 bits per heavy atom. The molecule has 3 atom stereocenters. The number of carbonyl (C=O) groups is 2. The molecule has 5 aliphatic rings. The molecule has 1 unspecified atom stereocenters. The van der Waals surface area contributed by atoms with Gasteiger partial charge in [0.2, 0.25) is 5.91 Å². The van der Waals surface area contributed by atoms with Crippen molar-refractivity contribution in [1.29, 1.82) is 0 Å². The zero-order valence-electron chi connectivity index (χ0n) is 16.3. The number of amides is 1. The zero-order chi connectivity index (χ0) is 19.1. The van der Waals surface area contributed by atoms with Gasteiger partial charge in [-0.1, -0.05) is 6.07 Å². The topological polar surface area (TPSA) is 69.6 Å². The van der Waals surface area contributed by atoms with Gasteiger partial charge >= 0.3 is 0 Å². The lowest BCUT2D eigenvalue weighted by Gasteiger charge is -2.60. The van der Waals surface area contributed by atoms with Crippen LogP contribution in [0.4, 0.5) is 0 Å². The van der Waals surface area contributed by atoms with Crippen molar-refractivity contribution in [2.75, 3.05) is 19.6 Å². The molecule has 28 heavy (non-hydrogen) atoms. The van der Waals surface area contributed by atoms with Crippen LogP contribution in [0.2, 0.25) is 0 Å². The summed E-state index contributed by atoms with van der Waals surface area (Å²) < 4.78 is 0. The molecule has 1 amide bonds. The summed E-state index contributed by atoms with van der Waals surface area (Å²) >= 11 is 0. The summed E-state index contributed by atoms with van der Waals surface area (Å²) in [6.07, 6.45) is 7.25. The fraction of sp³-hybridized carbons (Fsp3) is 0.652. The SMILES string of the molecule is O=C1CC(=O)[C@@]2(CCC34Cc5ccc(O)cc5[C@@]3(CCN(CC3CC3)C4)C2)N1. The maximum atomic E-state index is 12.9. The van der Waals surface area contributed by atoms with E-state index >= 15 is 0 Å². The average Bonchev–Trinajstić information content (AvgIpc) is 3.36. The Kier molecular flexibility index (Phi) is 3.27. The van der Waals surface area contributed by atoms with Crippen LogP contribution in [0.25, 0.3) is 0 Å². The molecule has 1 spiro atoms. The molecule has 3 aliphatic carbocycles. The number of piperidine rings is 1. The third-order valence-corrected chi connectivity index (χ3v) is 8.61. The van der Waals surface area contributed by atoms with Gasteiger partial charge in [0.05, 0.1) is 12.0 Å². The largest absolute Gasteiger partial charge is 0.508 e. The first-order valence-electron chi connectivity index (χ1n) is 10.8. The van der Waals surface area contributed by atoms with Crippen LogP contribution in [0.1, 0.15) is 56.1 Å². The van der Waals surface area contributed by atoms with Crippen molar-refractivity contribution in [3.8, 4) is 5.75 Å². The van der Waals surface area contributed by atoms with Crippen molar-refractivity contribution in [1.82, 2.24) is 10.2 Å². The Labute approximate surface area is 165 Å². The molecule has 0 bridgehead atoms. The lowest BCUT2D eigenvalue weighted by molar-refractivity contribution is -0.128. The van der Waals surface area contributed by atoms with E-state index in [0.29, 0.717) is 12.2 Å². The smallest absolute Gasteiger partial charge is 0.228 e. The van der Waals surface area contributed by atoms with Gasteiger partial charge in [-0.15, -0.1) is 0 Å². The van der Waals surface area contributed by atoms with Gasteiger partial charge in [0, 0.05) is 18.5 Å². The molecular formula is C23H28N2O3. The maximum Gasteiger partial charge on any atom is 0.228 e. The Morgan fingerprint density at radius 3 is 2.79 bits per heavy atom. The number of hydrogen-bond acceptors (Lipinski definition) is 4. The van der Waals surface area contributed by atoms with Gasteiger partial charge in [-0.25, -0.2) is 0 Å².